The van der Waals surface area contributed by atoms with Gasteiger partial charge in [-0.2, -0.15) is 10.2 Å². The van der Waals surface area contributed by atoms with Crippen molar-refractivity contribution in [1.82, 2.24) is 10.0 Å². The molecule has 0 aromatic heterocycles. The Hall–Kier alpha value is -4.38. The van der Waals surface area contributed by atoms with E-state index in [1.54, 1.807) is 25.3 Å². The summed E-state index contributed by atoms with van der Waals surface area (Å²) in [5, 5.41) is 15.7. The number of ether oxygens (including phenoxy) is 1. The molecule has 0 saturated carbocycles. The van der Waals surface area contributed by atoms with E-state index < -0.39 is 23.9 Å². The number of amides is 3. The lowest BCUT2D eigenvalue weighted by molar-refractivity contribution is -0.135. The molecule has 1 saturated heterocycles. The van der Waals surface area contributed by atoms with Crippen LogP contribution in [0, 0.1) is 13.8 Å². The first kappa shape index (κ1) is 26.8. The summed E-state index contributed by atoms with van der Waals surface area (Å²) in [5.74, 6) is -0.581. The Morgan fingerprint density at radius 1 is 1.02 bits per heavy atom. The minimum absolute atomic E-state index is 0.258. The van der Waals surface area contributed by atoms with E-state index in [9.17, 15) is 14.4 Å². The number of benzene rings is 3. The standard InChI is InChI=1S/C30H27BrN6O4/c1-17-7-12-23(18(2)13-17)24-15-25(19-8-10-22(41-3)11-9-19)37(33-24)26(38)16-35-28-27(32-34-35)29(39)36(30(28)40)21-6-4-5-20(31)14-21/h4-14,25,27-28H,15-16H2,1-3H3/t25-,27-,28-/m0/s1. The average molecular weight is 615 g/mol. The van der Waals surface area contributed by atoms with Crippen molar-refractivity contribution in [3.63, 3.8) is 0 Å². The van der Waals surface area contributed by atoms with Crippen LogP contribution in [0.15, 0.2) is 86.6 Å². The molecule has 0 radical (unpaired) electrons. The van der Waals surface area contributed by atoms with Crippen molar-refractivity contribution in [3.8, 4) is 5.75 Å². The van der Waals surface area contributed by atoms with Gasteiger partial charge in [-0.05, 0) is 55.3 Å². The van der Waals surface area contributed by atoms with Gasteiger partial charge in [-0.25, -0.2) is 9.91 Å². The largest absolute Gasteiger partial charge is 0.497 e. The third-order valence-corrected chi connectivity index (χ3v) is 8.07. The topological polar surface area (TPSA) is 107 Å². The Bertz CT molecular complexity index is 1620. The van der Waals surface area contributed by atoms with Crippen LogP contribution in [0.5, 0.6) is 5.75 Å². The molecular weight excluding hydrogens is 588 g/mol. The van der Waals surface area contributed by atoms with Crippen molar-refractivity contribution in [1.29, 1.82) is 0 Å². The third kappa shape index (κ3) is 4.80. The number of rotatable bonds is 6. The smallest absolute Gasteiger partial charge is 0.264 e. The van der Waals surface area contributed by atoms with Crippen molar-refractivity contribution in [2.45, 2.75) is 38.4 Å². The van der Waals surface area contributed by atoms with Crippen LogP contribution in [0.3, 0.4) is 0 Å². The highest BCUT2D eigenvalue weighted by atomic mass is 79.9. The summed E-state index contributed by atoms with van der Waals surface area (Å²) >= 11 is 3.38. The van der Waals surface area contributed by atoms with Gasteiger partial charge in [0.2, 0.25) is 0 Å². The van der Waals surface area contributed by atoms with Crippen molar-refractivity contribution < 1.29 is 19.1 Å². The van der Waals surface area contributed by atoms with Crippen LogP contribution in [0.25, 0.3) is 0 Å². The van der Waals surface area contributed by atoms with Crippen molar-refractivity contribution in [3.05, 3.63) is 93.5 Å². The Kier molecular flexibility index (Phi) is 6.90. The van der Waals surface area contributed by atoms with Crippen LogP contribution < -0.4 is 9.64 Å². The van der Waals surface area contributed by atoms with E-state index >= 15 is 0 Å². The molecule has 3 aromatic carbocycles. The van der Waals surface area contributed by atoms with Crippen molar-refractivity contribution in [2.75, 3.05) is 18.6 Å². The molecule has 6 rings (SSSR count). The summed E-state index contributed by atoms with van der Waals surface area (Å²) in [6.45, 7) is 3.81. The molecule has 3 aliphatic rings. The fraction of sp³-hybridized carbons (Fsp3) is 0.267. The van der Waals surface area contributed by atoms with Crippen LogP contribution in [-0.2, 0) is 14.4 Å². The summed E-state index contributed by atoms with van der Waals surface area (Å²) in [6.07, 6.45) is 0.517. The lowest BCUT2D eigenvalue weighted by atomic mass is 9.95. The maximum Gasteiger partial charge on any atom is 0.264 e. The van der Waals surface area contributed by atoms with Gasteiger partial charge >= 0.3 is 0 Å². The number of halogens is 1. The van der Waals surface area contributed by atoms with E-state index in [-0.39, 0.29) is 18.5 Å². The second-order valence-corrected chi connectivity index (χ2v) is 11.2. The number of hydrogen-bond acceptors (Lipinski definition) is 8. The number of carbonyl (C=O) groups is 3. The molecule has 11 heteroatoms. The molecule has 10 nitrogen and oxygen atoms in total. The van der Waals surface area contributed by atoms with Crippen LogP contribution in [-0.4, -0.2) is 59.2 Å². The number of aryl methyl sites for hydroxylation is 2. The predicted octanol–water partition coefficient (Wildman–Crippen LogP) is 4.75. The predicted molar refractivity (Wildman–Crippen MR) is 155 cm³/mol. The Labute approximate surface area is 245 Å². The van der Waals surface area contributed by atoms with Gasteiger partial charge in [0.25, 0.3) is 17.7 Å². The van der Waals surface area contributed by atoms with Crippen molar-refractivity contribution in [2.24, 2.45) is 15.4 Å². The summed E-state index contributed by atoms with van der Waals surface area (Å²) in [5.41, 5.74) is 5.33. The van der Waals surface area contributed by atoms with Gasteiger partial charge in [0.05, 0.1) is 24.6 Å². The molecule has 0 aliphatic carbocycles. The fourth-order valence-corrected chi connectivity index (χ4v) is 5.95. The zero-order valence-electron chi connectivity index (χ0n) is 22.7. The van der Waals surface area contributed by atoms with E-state index in [0.717, 1.165) is 37.3 Å². The second-order valence-electron chi connectivity index (χ2n) is 10.3. The number of imide groups is 1. The molecule has 3 amide bonds. The van der Waals surface area contributed by atoms with E-state index in [0.29, 0.717) is 17.9 Å². The number of anilines is 1. The average Bonchev–Trinajstić information content (AvgIpc) is 3.64. The molecule has 0 bridgehead atoms. The molecule has 3 aromatic rings. The van der Waals surface area contributed by atoms with Gasteiger partial charge in [0, 0.05) is 16.5 Å². The molecule has 1 fully saturated rings. The monoisotopic (exact) mass is 614 g/mol. The lowest BCUT2D eigenvalue weighted by Crippen LogP contribution is -2.44. The molecule has 3 heterocycles. The van der Waals surface area contributed by atoms with Gasteiger partial charge in [-0.3, -0.25) is 19.4 Å². The Balaban J connectivity index is 1.28. The molecule has 0 spiro atoms. The summed E-state index contributed by atoms with van der Waals surface area (Å²) in [7, 11) is 1.60. The van der Waals surface area contributed by atoms with Gasteiger partial charge in [0.15, 0.2) is 12.1 Å². The third-order valence-electron chi connectivity index (χ3n) is 7.58. The second kappa shape index (κ2) is 10.5. The highest BCUT2D eigenvalue weighted by Crippen LogP contribution is 2.36. The number of hydrogen-bond donors (Lipinski definition) is 0. The number of methoxy groups -OCH3 is 1. The first-order valence-electron chi connectivity index (χ1n) is 13.2. The van der Waals surface area contributed by atoms with Crippen LogP contribution in [0.2, 0.25) is 0 Å². The van der Waals surface area contributed by atoms with Gasteiger partial charge < -0.3 is 4.74 Å². The summed E-state index contributed by atoms with van der Waals surface area (Å²) in [6, 6.07) is 18.3. The number of hydrazone groups is 1. The van der Waals surface area contributed by atoms with Crippen LogP contribution in [0.1, 0.15) is 34.7 Å². The van der Waals surface area contributed by atoms with Crippen molar-refractivity contribution >= 4 is 45.1 Å². The SMILES string of the molecule is COc1ccc([C@@H]2CC(c3ccc(C)cc3C)=NN2C(=O)CN2N=N[C@@H]3C(=O)N(c4cccc(Br)c4)C(=O)[C@H]32)cc1. The first-order chi connectivity index (χ1) is 19.7. The van der Waals surface area contributed by atoms with Crippen LogP contribution in [0.4, 0.5) is 5.69 Å². The number of carbonyl (C=O) groups excluding carboxylic acids is 3. The number of nitrogens with zero attached hydrogens (tertiary/aromatic N) is 6. The minimum Gasteiger partial charge on any atom is -0.497 e. The van der Waals surface area contributed by atoms with E-state index in [1.165, 1.54) is 10.0 Å². The van der Waals surface area contributed by atoms with Gasteiger partial charge in [-0.1, -0.05) is 63.1 Å². The quantitative estimate of drug-likeness (QED) is 0.373. The molecule has 0 unspecified atom stereocenters. The molecule has 3 atom stereocenters. The van der Waals surface area contributed by atoms with E-state index in [1.807, 2.05) is 56.3 Å². The summed E-state index contributed by atoms with van der Waals surface area (Å²) < 4.78 is 6.05. The molecule has 208 valence electrons. The maximum atomic E-state index is 13.8. The molecule has 0 N–H and O–H groups in total. The van der Waals surface area contributed by atoms with Gasteiger partial charge in [0.1, 0.15) is 12.3 Å². The zero-order valence-corrected chi connectivity index (χ0v) is 24.3. The zero-order chi connectivity index (χ0) is 28.8. The van der Waals surface area contributed by atoms with E-state index in [2.05, 4.69) is 32.3 Å². The van der Waals surface area contributed by atoms with E-state index in [4.69, 9.17) is 9.84 Å². The Morgan fingerprint density at radius 3 is 2.51 bits per heavy atom. The highest BCUT2D eigenvalue weighted by Gasteiger charge is 2.55. The summed E-state index contributed by atoms with van der Waals surface area (Å²) in [4.78, 5) is 41.5. The molecular formula is C30H27BrN6O4. The van der Waals surface area contributed by atoms with Gasteiger partial charge in [-0.15, -0.1) is 0 Å². The maximum absolute atomic E-state index is 13.8. The lowest BCUT2D eigenvalue weighted by Gasteiger charge is -2.25. The normalized spacial score (nSPS) is 21.5. The number of fused-ring (bicyclic) bond motifs is 1. The first-order valence-corrected chi connectivity index (χ1v) is 14.0. The van der Waals surface area contributed by atoms with Crippen LogP contribution >= 0.6 is 15.9 Å². The fourth-order valence-electron chi connectivity index (χ4n) is 5.56. The molecule has 3 aliphatic heterocycles. The molecule has 41 heavy (non-hydrogen) atoms. The Morgan fingerprint density at radius 2 is 1.80 bits per heavy atom. The highest BCUT2D eigenvalue weighted by molar-refractivity contribution is 9.10. The minimum atomic E-state index is -1.00.